The summed E-state index contributed by atoms with van der Waals surface area (Å²) >= 11 is 0. The fraction of sp³-hybridized carbons (Fsp3) is 0.529. The lowest BCUT2D eigenvalue weighted by Crippen LogP contribution is -2.41. The van der Waals surface area contributed by atoms with E-state index in [0.29, 0.717) is 13.1 Å². The zero-order chi connectivity index (χ0) is 16.3. The Bertz CT molecular complexity index is 594. The van der Waals surface area contributed by atoms with E-state index in [-0.39, 0.29) is 17.6 Å². The van der Waals surface area contributed by atoms with Crippen LogP contribution in [-0.2, 0) is 4.74 Å². The summed E-state index contributed by atoms with van der Waals surface area (Å²) in [7, 11) is 0. The van der Waals surface area contributed by atoms with E-state index in [1.165, 1.54) is 12.1 Å². The molecule has 22 heavy (non-hydrogen) atoms. The van der Waals surface area contributed by atoms with E-state index >= 15 is 0 Å². The summed E-state index contributed by atoms with van der Waals surface area (Å²) in [6.45, 7) is 6.73. The fourth-order valence-electron chi connectivity index (χ4n) is 2.60. The number of piperidine rings is 1. The number of amides is 1. The second kappa shape index (κ2) is 6.35. The second-order valence-electron chi connectivity index (χ2n) is 6.59. The number of carbonyl (C=O) groups excluding carboxylic acids is 1. The van der Waals surface area contributed by atoms with Gasteiger partial charge in [0.05, 0.1) is 5.56 Å². The maximum absolute atomic E-state index is 13.7. The Kier molecular flexibility index (Phi) is 4.70. The molecule has 0 spiro atoms. The van der Waals surface area contributed by atoms with Crippen molar-refractivity contribution in [3.8, 4) is 6.07 Å². The highest BCUT2D eigenvalue weighted by Gasteiger charge is 2.27. The Labute approximate surface area is 130 Å². The van der Waals surface area contributed by atoms with Crippen molar-refractivity contribution in [3.05, 3.63) is 35.1 Å². The molecule has 0 atom stereocenters. The van der Waals surface area contributed by atoms with Gasteiger partial charge in [-0.05, 0) is 57.2 Å². The number of nitrogens with zero attached hydrogens (tertiary/aromatic N) is 2. The lowest BCUT2D eigenvalue weighted by atomic mass is 9.89. The Hall–Kier alpha value is -2.09. The van der Waals surface area contributed by atoms with Gasteiger partial charge in [0.1, 0.15) is 17.5 Å². The molecule has 0 saturated carbocycles. The third-order valence-electron chi connectivity index (χ3n) is 3.73. The molecule has 0 N–H and O–H groups in total. The van der Waals surface area contributed by atoms with Gasteiger partial charge in [0.15, 0.2) is 0 Å². The minimum atomic E-state index is -0.496. The predicted octanol–water partition coefficient (Wildman–Crippen LogP) is 3.81. The number of benzene rings is 1. The summed E-state index contributed by atoms with van der Waals surface area (Å²) in [5.41, 5.74) is 0.458. The smallest absolute Gasteiger partial charge is 0.410 e. The van der Waals surface area contributed by atoms with Crippen molar-refractivity contribution >= 4 is 6.09 Å². The minimum absolute atomic E-state index is 0.0648. The number of carbonyl (C=O) groups is 1. The molecule has 2 rings (SSSR count). The first-order chi connectivity index (χ1) is 10.3. The summed E-state index contributed by atoms with van der Waals surface area (Å²) < 4.78 is 19.0. The van der Waals surface area contributed by atoms with E-state index in [9.17, 15) is 9.18 Å². The molecule has 1 fully saturated rings. The Morgan fingerprint density at radius 2 is 2.00 bits per heavy atom. The van der Waals surface area contributed by atoms with Crippen molar-refractivity contribution in [2.24, 2.45) is 0 Å². The SMILES string of the molecule is CC(C)(C)OC(=O)N1CCC(c2ccc(C#N)c(F)c2)CC1. The maximum Gasteiger partial charge on any atom is 0.410 e. The van der Waals surface area contributed by atoms with Crippen molar-refractivity contribution in [1.82, 2.24) is 4.90 Å². The summed E-state index contributed by atoms with van der Waals surface area (Å²) in [6.07, 6.45) is 1.24. The maximum atomic E-state index is 13.7. The van der Waals surface area contributed by atoms with Gasteiger partial charge in [0.25, 0.3) is 0 Å². The molecule has 0 aliphatic carbocycles. The predicted molar refractivity (Wildman–Crippen MR) is 80.9 cm³/mol. The Balaban J connectivity index is 1.96. The summed E-state index contributed by atoms with van der Waals surface area (Å²) in [6, 6.07) is 6.58. The monoisotopic (exact) mass is 304 g/mol. The van der Waals surface area contributed by atoms with Gasteiger partial charge in [-0.3, -0.25) is 0 Å². The Morgan fingerprint density at radius 1 is 1.36 bits per heavy atom. The van der Waals surface area contributed by atoms with E-state index in [1.54, 1.807) is 11.0 Å². The highest BCUT2D eigenvalue weighted by Crippen LogP contribution is 2.29. The molecule has 1 saturated heterocycles. The first-order valence-electron chi connectivity index (χ1n) is 7.47. The van der Waals surface area contributed by atoms with Crippen LogP contribution in [0.2, 0.25) is 0 Å². The van der Waals surface area contributed by atoms with Crippen molar-refractivity contribution < 1.29 is 13.9 Å². The molecule has 1 heterocycles. The first-order valence-corrected chi connectivity index (χ1v) is 7.47. The average Bonchev–Trinajstić information content (AvgIpc) is 2.45. The largest absolute Gasteiger partial charge is 0.444 e. The van der Waals surface area contributed by atoms with Crippen LogP contribution in [0.25, 0.3) is 0 Å². The molecular weight excluding hydrogens is 283 g/mol. The molecule has 118 valence electrons. The van der Waals surface area contributed by atoms with Crippen LogP contribution in [0.15, 0.2) is 18.2 Å². The molecule has 0 unspecified atom stereocenters. The van der Waals surface area contributed by atoms with Crippen molar-refractivity contribution in [2.45, 2.75) is 45.1 Å². The van der Waals surface area contributed by atoms with Crippen LogP contribution in [-0.4, -0.2) is 29.7 Å². The average molecular weight is 304 g/mol. The number of ether oxygens (including phenoxy) is 1. The van der Waals surface area contributed by atoms with Crippen LogP contribution in [0.5, 0.6) is 0 Å². The molecule has 1 aliphatic rings. The first kappa shape index (κ1) is 16.3. The van der Waals surface area contributed by atoms with Gasteiger partial charge in [-0.15, -0.1) is 0 Å². The number of halogens is 1. The number of rotatable bonds is 1. The molecule has 0 aromatic heterocycles. The third-order valence-corrected chi connectivity index (χ3v) is 3.73. The van der Waals surface area contributed by atoms with Gasteiger partial charge >= 0.3 is 6.09 Å². The topological polar surface area (TPSA) is 53.3 Å². The van der Waals surface area contributed by atoms with Crippen LogP contribution in [0, 0.1) is 17.1 Å². The summed E-state index contributed by atoms with van der Waals surface area (Å²) in [4.78, 5) is 13.7. The van der Waals surface area contributed by atoms with Crippen LogP contribution in [0.1, 0.15) is 50.7 Å². The highest BCUT2D eigenvalue weighted by molar-refractivity contribution is 5.68. The molecule has 0 radical (unpaired) electrons. The van der Waals surface area contributed by atoms with E-state index in [1.807, 2.05) is 26.8 Å². The van der Waals surface area contributed by atoms with E-state index < -0.39 is 11.4 Å². The van der Waals surface area contributed by atoms with Gasteiger partial charge in [0.2, 0.25) is 0 Å². The molecular formula is C17H21FN2O2. The lowest BCUT2D eigenvalue weighted by Gasteiger charge is -2.33. The van der Waals surface area contributed by atoms with Crippen molar-refractivity contribution in [3.63, 3.8) is 0 Å². The van der Waals surface area contributed by atoms with Gasteiger partial charge in [0, 0.05) is 13.1 Å². The molecule has 1 aromatic carbocycles. The van der Waals surface area contributed by atoms with Gasteiger partial charge < -0.3 is 9.64 Å². The number of hydrogen-bond acceptors (Lipinski definition) is 3. The van der Waals surface area contributed by atoms with Crippen LogP contribution in [0.4, 0.5) is 9.18 Å². The van der Waals surface area contributed by atoms with Crippen LogP contribution >= 0.6 is 0 Å². The molecule has 0 bridgehead atoms. The molecule has 4 nitrogen and oxygen atoms in total. The van der Waals surface area contributed by atoms with Crippen LogP contribution < -0.4 is 0 Å². The normalized spacial score (nSPS) is 16.2. The quantitative estimate of drug-likeness (QED) is 0.792. The van der Waals surface area contributed by atoms with Gasteiger partial charge in [-0.2, -0.15) is 5.26 Å². The van der Waals surface area contributed by atoms with Gasteiger partial charge in [-0.25, -0.2) is 9.18 Å². The minimum Gasteiger partial charge on any atom is -0.444 e. The van der Waals surface area contributed by atoms with Crippen LogP contribution in [0.3, 0.4) is 0 Å². The Morgan fingerprint density at radius 3 is 2.50 bits per heavy atom. The fourth-order valence-corrected chi connectivity index (χ4v) is 2.60. The molecule has 1 aromatic rings. The van der Waals surface area contributed by atoms with E-state index in [0.717, 1.165) is 18.4 Å². The zero-order valence-corrected chi connectivity index (χ0v) is 13.2. The standard InChI is InChI=1S/C17H21FN2O2/c1-17(2,3)22-16(21)20-8-6-12(7-9-20)13-4-5-14(11-19)15(18)10-13/h4-5,10,12H,6-9H2,1-3H3. The summed E-state index contributed by atoms with van der Waals surface area (Å²) in [5, 5.41) is 8.76. The molecule has 1 amide bonds. The van der Waals surface area contributed by atoms with Crippen molar-refractivity contribution in [2.75, 3.05) is 13.1 Å². The second-order valence-corrected chi connectivity index (χ2v) is 6.59. The number of nitriles is 1. The zero-order valence-electron chi connectivity index (χ0n) is 13.2. The number of likely N-dealkylation sites (tertiary alicyclic amines) is 1. The van der Waals surface area contributed by atoms with E-state index in [2.05, 4.69) is 0 Å². The van der Waals surface area contributed by atoms with Crippen molar-refractivity contribution in [1.29, 1.82) is 5.26 Å². The molecule has 1 aliphatic heterocycles. The lowest BCUT2D eigenvalue weighted by molar-refractivity contribution is 0.0205. The third kappa shape index (κ3) is 3.97. The van der Waals surface area contributed by atoms with E-state index in [4.69, 9.17) is 10.00 Å². The summed E-state index contributed by atoms with van der Waals surface area (Å²) in [5.74, 6) is -0.268. The van der Waals surface area contributed by atoms with Gasteiger partial charge in [-0.1, -0.05) is 6.07 Å². The molecule has 5 heteroatoms. The number of hydrogen-bond donors (Lipinski definition) is 0. The highest BCUT2D eigenvalue weighted by atomic mass is 19.1.